The van der Waals surface area contributed by atoms with E-state index in [1.165, 1.54) is 11.3 Å². The van der Waals surface area contributed by atoms with Gasteiger partial charge in [-0.2, -0.15) is 0 Å². The van der Waals surface area contributed by atoms with E-state index in [4.69, 9.17) is 19.1 Å². The monoisotopic (exact) mass is 554 g/mol. The van der Waals surface area contributed by atoms with Crippen LogP contribution in [0.4, 0.5) is 11.6 Å². The van der Waals surface area contributed by atoms with Crippen LogP contribution >= 0.6 is 15.9 Å². The molecule has 0 spiro atoms. The van der Waals surface area contributed by atoms with E-state index in [9.17, 15) is 0 Å². The number of nitrogens with one attached hydrogen (secondary N) is 1. The van der Waals surface area contributed by atoms with Crippen molar-refractivity contribution in [2.45, 2.75) is 64.1 Å². The predicted octanol–water partition coefficient (Wildman–Crippen LogP) is 7.28. The minimum absolute atomic E-state index is 0.0488. The summed E-state index contributed by atoms with van der Waals surface area (Å²) in [6.45, 7) is 14.5. The molecule has 8 heteroatoms. The van der Waals surface area contributed by atoms with Gasteiger partial charge in [0.05, 0.1) is 18.5 Å². The van der Waals surface area contributed by atoms with Crippen LogP contribution in [0.3, 0.4) is 0 Å². The topological polar surface area (TPSA) is 69.2 Å². The van der Waals surface area contributed by atoms with Crippen molar-refractivity contribution in [2.24, 2.45) is 0 Å². The van der Waals surface area contributed by atoms with Gasteiger partial charge in [-0.1, -0.05) is 43.6 Å². The fourth-order valence-corrected chi connectivity index (χ4v) is 5.51. The Balaban J connectivity index is 1.59. The summed E-state index contributed by atoms with van der Waals surface area (Å²) < 4.78 is 13.1. The van der Waals surface area contributed by atoms with Gasteiger partial charge in [0.25, 0.3) is 0 Å². The summed E-state index contributed by atoms with van der Waals surface area (Å²) in [6, 6.07) is 9.96. The average molecular weight is 556 g/mol. The van der Waals surface area contributed by atoms with Crippen molar-refractivity contribution in [2.75, 3.05) is 19.0 Å². The predicted molar refractivity (Wildman–Crippen MR) is 148 cm³/mol. The molecule has 35 heavy (non-hydrogen) atoms. The summed E-state index contributed by atoms with van der Waals surface area (Å²) in [5.41, 5.74) is 5.01. The van der Waals surface area contributed by atoms with Crippen molar-refractivity contribution in [1.29, 1.82) is 0 Å². The molecule has 2 aromatic heterocycles. The molecule has 3 aromatic rings. The fourth-order valence-electron chi connectivity index (χ4n) is 4.06. The van der Waals surface area contributed by atoms with Crippen molar-refractivity contribution < 1.29 is 9.16 Å². The molecule has 0 amide bonds. The first-order chi connectivity index (χ1) is 16.4. The van der Waals surface area contributed by atoms with Crippen LogP contribution in [0.25, 0.3) is 11.3 Å². The molecule has 4 rings (SSSR count). The number of aryl methyl sites for hydroxylation is 1. The highest BCUT2D eigenvalue weighted by molar-refractivity contribution is 9.10. The Bertz CT molecular complexity index is 1230. The van der Waals surface area contributed by atoms with Gasteiger partial charge in [-0.25, -0.2) is 9.97 Å². The molecular weight excluding hydrogens is 520 g/mol. The van der Waals surface area contributed by atoms with Crippen LogP contribution in [0, 0.1) is 0 Å². The van der Waals surface area contributed by atoms with Crippen molar-refractivity contribution >= 4 is 35.9 Å². The Labute approximate surface area is 218 Å². The smallest absolute Gasteiger partial charge is 0.227 e. The maximum Gasteiger partial charge on any atom is 0.227 e. The lowest BCUT2D eigenvalue weighted by Gasteiger charge is -2.39. The van der Waals surface area contributed by atoms with Crippen molar-refractivity contribution in [3.05, 3.63) is 58.5 Å². The van der Waals surface area contributed by atoms with E-state index < -0.39 is 8.32 Å². The summed E-state index contributed by atoms with van der Waals surface area (Å²) in [5.74, 6) is 1.22. The molecule has 0 saturated carbocycles. The van der Waals surface area contributed by atoms with E-state index in [-0.39, 0.29) is 10.5 Å². The number of pyridine rings is 1. The van der Waals surface area contributed by atoms with E-state index in [0.29, 0.717) is 11.7 Å². The molecular formula is C27H35BrN4O2Si. The Morgan fingerprint density at radius 1 is 1.14 bits per heavy atom. The second-order valence-electron chi connectivity index (χ2n) is 11.1. The molecule has 186 valence electrons. The molecule has 1 atom stereocenters. The molecule has 1 aromatic carbocycles. The SMILES string of the molecule is COc1cc(Br)ccc1Nc1nccc(-c2cnc3c(c2)C(C)(CO[Si](C)(C)C(C)(C)C)CC3)n1. The van der Waals surface area contributed by atoms with Gasteiger partial charge in [0.2, 0.25) is 5.95 Å². The number of nitrogens with zero attached hydrogens (tertiary/aromatic N) is 3. The minimum Gasteiger partial charge on any atom is -0.495 e. The summed E-state index contributed by atoms with van der Waals surface area (Å²) in [4.78, 5) is 14.0. The van der Waals surface area contributed by atoms with E-state index in [1.54, 1.807) is 13.3 Å². The highest BCUT2D eigenvalue weighted by Crippen LogP contribution is 2.43. The zero-order chi connectivity index (χ0) is 25.4. The lowest BCUT2D eigenvalue weighted by Crippen LogP contribution is -2.44. The number of fused-ring (bicyclic) bond motifs is 1. The molecule has 2 heterocycles. The largest absolute Gasteiger partial charge is 0.495 e. The van der Waals surface area contributed by atoms with Crippen LogP contribution < -0.4 is 10.1 Å². The van der Waals surface area contributed by atoms with Crippen molar-refractivity contribution in [3.8, 4) is 17.0 Å². The highest BCUT2D eigenvalue weighted by atomic mass is 79.9. The zero-order valence-corrected chi connectivity index (χ0v) is 24.3. The molecule has 1 N–H and O–H groups in total. The highest BCUT2D eigenvalue weighted by Gasteiger charge is 2.42. The van der Waals surface area contributed by atoms with Crippen LogP contribution in [0.2, 0.25) is 18.1 Å². The molecule has 6 nitrogen and oxygen atoms in total. The first-order valence-electron chi connectivity index (χ1n) is 12.0. The maximum atomic E-state index is 6.66. The number of hydrogen-bond donors (Lipinski definition) is 1. The van der Waals surface area contributed by atoms with Crippen LogP contribution in [-0.2, 0) is 16.3 Å². The van der Waals surface area contributed by atoms with Crippen LogP contribution in [-0.4, -0.2) is 37.0 Å². The second kappa shape index (κ2) is 9.63. The number of ether oxygens (including phenoxy) is 1. The second-order valence-corrected chi connectivity index (χ2v) is 16.8. The lowest BCUT2D eigenvalue weighted by molar-refractivity contribution is 0.208. The Morgan fingerprint density at radius 2 is 1.91 bits per heavy atom. The number of rotatable bonds is 7. The normalized spacial score (nSPS) is 17.8. The Morgan fingerprint density at radius 3 is 2.63 bits per heavy atom. The van der Waals surface area contributed by atoms with Crippen molar-refractivity contribution in [3.63, 3.8) is 0 Å². The van der Waals surface area contributed by atoms with Gasteiger partial charge in [-0.05, 0) is 66.9 Å². The third-order valence-electron chi connectivity index (χ3n) is 7.45. The number of hydrogen-bond acceptors (Lipinski definition) is 6. The molecule has 0 fully saturated rings. The number of aromatic nitrogens is 3. The first kappa shape index (κ1) is 25.8. The van der Waals surface area contributed by atoms with E-state index >= 15 is 0 Å². The van der Waals surface area contributed by atoms with Crippen molar-refractivity contribution in [1.82, 2.24) is 15.0 Å². The first-order valence-corrected chi connectivity index (χ1v) is 15.7. The number of methoxy groups -OCH3 is 1. The van der Waals surface area contributed by atoms with Crippen LogP contribution in [0.1, 0.15) is 45.4 Å². The Hall–Kier alpha value is -2.29. The van der Waals surface area contributed by atoms with Crippen LogP contribution in [0.15, 0.2) is 47.2 Å². The zero-order valence-electron chi connectivity index (χ0n) is 21.7. The minimum atomic E-state index is -1.84. The van der Waals surface area contributed by atoms with Gasteiger partial charge in [0.1, 0.15) is 5.75 Å². The van der Waals surface area contributed by atoms with E-state index in [0.717, 1.165) is 40.9 Å². The van der Waals surface area contributed by atoms with Gasteiger partial charge in [0.15, 0.2) is 8.32 Å². The molecule has 1 aliphatic rings. The summed E-state index contributed by atoms with van der Waals surface area (Å²) in [5, 5.41) is 3.46. The quantitative estimate of drug-likeness (QED) is 0.309. The molecule has 1 unspecified atom stereocenters. The van der Waals surface area contributed by atoms with E-state index in [2.05, 4.69) is 73.1 Å². The maximum absolute atomic E-state index is 6.66. The van der Waals surface area contributed by atoms with Gasteiger partial charge < -0.3 is 14.5 Å². The van der Waals surface area contributed by atoms with Gasteiger partial charge in [-0.3, -0.25) is 4.98 Å². The third kappa shape index (κ3) is 5.44. The fraction of sp³-hybridized carbons (Fsp3) is 0.444. The number of benzene rings is 1. The summed E-state index contributed by atoms with van der Waals surface area (Å²) in [6.07, 6.45) is 5.72. The summed E-state index contributed by atoms with van der Waals surface area (Å²) in [7, 11) is -0.192. The molecule has 1 aliphatic carbocycles. The number of anilines is 2. The van der Waals surface area contributed by atoms with Gasteiger partial charge in [-0.15, -0.1) is 0 Å². The molecule has 0 radical (unpaired) electrons. The number of halogens is 1. The van der Waals surface area contributed by atoms with E-state index in [1.807, 2.05) is 30.5 Å². The summed E-state index contributed by atoms with van der Waals surface area (Å²) >= 11 is 3.48. The standard InChI is InChI=1S/C27H35BrN4O2Si/c1-26(2,3)35(6,7)34-17-27(4)12-10-22-20(27)14-18(16-30-22)21-11-13-29-25(31-21)32-23-9-8-19(28)15-24(23)33-5/h8-9,11,13-16H,10,12,17H2,1-7H3,(H,29,31,32). The third-order valence-corrected chi connectivity index (χ3v) is 12.4. The van der Waals surface area contributed by atoms with Gasteiger partial charge in [0, 0.05) is 40.1 Å². The molecule has 0 aliphatic heterocycles. The Kier molecular flexibility index (Phi) is 7.10. The molecule has 0 saturated heterocycles. The average Bonchev–Trinajstić information content (AvgIpc) is 3.15. The molecule has 0 bridgehead atoms. The lowest BCUT2D eigenvalue weighted by atomic mass is 9.85. The van der Waals surface area contributed by atoms with Crippen LogP contribution in [0.5, 0.6) is 5.75 Å². The van der Waals surface area contributed by atoms with Gasteiger partial charge >= 0.3 is 0 Å².